The first-order valence-electron chi connectivity index (χ1n) is 9.44. The minimum Gasteiger partial charge on any atom is -0.457 e. The molecule has 0 spiro atoms. The van der Waals surface area contributed by atoms with Gasteiger partial charge < -0.3 is 9.73 Å². The molecule has 0 aliphatic carbocycles. The van der Waals surface area contributed by atoms with Crippen molar-refractivity contribution in [1.29, 1.82) is 0 Å². The van der Waals surface area contributed by atoms with Crippen LogP contribution >= 0.6 is 23.4 Å². The topological polar surface area (TPSA) is 54.6 Å². The molecule has 3 aromatic rings. The number of furan rings is 1. The third-order valence-electron chi connectivity index (χ3n) is 4.83. The van der Waals surface area contributed by atoms with Crippen LogP contribution in [0.1, 0.15) is 22.5 Å². The number of alkyl halides is 3. The van der Waals surface area contributed by atoms with Crippen molar-refractivity contribution in [3.05, 3.63) is 80.9 Å². The lowest BCUT2D eigenvalue weighted by molar-refractivity contribution is -0.137. The fourth-order valence-corrected chi connectivity index (χ4v) is 4.02. The van der Waals surface area contributed by atoms with E-state index in [-0.39, 0.29) is 22.3 Å². The van der Waals surface area contributed by atoms with Crippen molar-refractivity contribution in [1.82, 2.24) is 5.32 Å². The van der Waals surface area contributed by atoms with Gasteiger partial charge >= 0.3 is 6.18 Å². The van der Waals surface area contributed by atoms with Gasteiger partial charge in [0.2, 0.25) is 0 Å². The number of nitrogens with one attached hydrogen (secondary N) is 1. The summed E-state index contributed by atoms with van der Waals surface area (Å²) < 4.78 is 44.7. The molecule has 0 unspecified atom stereocenters. The third-order valence-corrected chi connectivity index (χ3v) is 6.07. The Morgan fingerprint density at radius 3 is 2.56 bits per heavy atom. The molecule has 2 aromatic carbocycles. The molecule has 0 saturated carbocycles. The van der Waals surface area contributed by atoms with E-state index in [4.69, 9.17) is 16.0 Å². The molecule has 1 aliphatic heterocycles. The second-order valence-corrected chi connectivity index (χ2v) is 8.58. The summed E-state index contributed by atoms with van der Waals surface area (Å²) in [5, 5.41) is 3.25. The number of thioether (sulfide) groups is 1. The minimum absolute atomic E-state index is 0.117. The quantitative estimate of drug-likeness (QED) is 0.409. The van der Waals surface area contributed by atoms with Gasteiger partial charge in [-0.05, 0) is 79.2 Å². The van der Waals surface area contributed by atoms with Gasteiger partial charge in [0.05, 0.1) is 21.2 Å². The molecule has 1 aliphatic rings. The molecule has 0 atom stereocenters. The Bertz CT molecular complexity index is 1280. The SMILES string of the molecule is Cc1ccc(N=C2NC(=O)/C(=C/c3ccc(-c4cc(C(F)(F)F)ccc4Cl)o3)S2)cc1C. The number of hydrogen-bond donors (Lipinski definition) is 1. The van der Waals surface area contributed by atoms with Crippen molar-refractivity contribution < 1.29 is 22.4 Å². The predicted molar refractivity (Wildman–Crippen MR) is 121 cm³/mol. The zero-order valence-corrected chi connectivity index (χ0v) is 18.5. The maximum absolute atomic E-state index is 13.0. The van der Waals surface area contributed by atoms with Crippen LogP contribution in [0.3, 0.4) is 0 Å². The van der Waals surface area contributed by atoms with Gasteiger partial charge in [0.25, 0.3) is 5.91 Å². The molecule has 2 heterocycles. The van der Waals surface area contributed by atoms with E-state index in [1.165, 1.54) is 18.2 Å². The van der Waals surface area contributed by atoms with Crippen LogP contribution < -0.4 is 5.32 Å². The second-order valence-electron chi connectivity index (χ2n) is 7.14. The number of carbonyl (C=O) groups is 1. The van der Waals surface area contributed by atoms with Gasteiger partial charge in [-0.2, -0.15) is 13.2 Å². The van der Waals surface area contributed by atoms with Crippen molar-refractivity contribution >= 4 is 46.2 Å². The van der Waals surface area contributed by atoms with Crippen LogP contribution in [-0.2, 0) is 11.0 Å². The number of aliphatic imine (C=N–C) groups is 1. The Morgan fingerprint density at radius 1 is 1.06 bits per heavy atom. The fraction of sp³-hybridized carbons (Fsp3) is 0.130. The van der Waals surface area contributed by atoms with Crippen LogP contribution in [0.5, 0.6) is 0 Å². The van der Waals surface area contributed by atoms with E-state index in [9.17, 15) is 18.0 Å². The van der Waals surface area contributed by atoms with Crippen molar-refractivity contribution in [3.8, 4) is 11.3 Å². The van der Waals surface area contributed by atoms with E-state index in [0.29, 0.717) is 15.8 Å². The van der Waals surface area contributed by atoms with Crippen molar-refractivity contribution in [2.45, 2.75) is 20.0 Å². The third kappa shape index (κ3) is 4.76. The maximum Gasteiger partial charge on any atom is 0.416 e. The number of benzene rings is 2. The van der Waals surface area contributed by atoms with Crippen LogP contribution in [0.15, 0.2) is 62.8 Å². The number of nitrogens with zero attached hydrogens (tertiary/aromatic N) is 1. The molecule has 1 amide bonds. The highest BCUT2D eigenvalue weighted by molar-refractivity contribution is 8.18. The number of amides is 1. The zero-order chi connectivity index (χ0) is 23.0. The summed E-state index contributed by atoms with van der Waals surface area (Å²) in [6.45, 7) is 3.99. The molecule has 1 aromatic heterocycles. The minimum atomic E-state index is -4.50. The Morgan fingerprint density at radius 2 is 1.84 bits per heavy atom. The Labute approximate surface area is 191 Å². The van der Waals surface area contributed by atoms with Crippen LogP contribution in [-0.4, -0.2) is 11.1 Å². The van der Waals surface area contributed by atoms with Crippen molar-refractivity contribution in [3.63, 3.8) is 0 Å². The number of aryl methyl sites for hydroxylation is 2. The number of rotatable bonds is 3. The average molecular weight is 477 g/mol. The van der Waals surface area contributed by atoms with Crippen LogP contribution in [0.25, 0.3) is 17.4 Å². The molecule has 1 N–H and O–H groups in total. The number of amidine groups is 1. The normalized spacial score (nSPS) is 16.8. The van der Waals surface area contributed by atoms with Crippen molar-refractivity contribution in [2.75, 3.05) is 0 Å². The highest BCUT2D eigenvalue weighted by Crippen LogP contribution is 2.37. The fourth-order valence-electron chi connectivity index (χ4n) is 2.99. The van der Waals surface area contributed by atoms with E-state index < -0.39 is 11.7 Å². The second kappa shape index (κ2) is 8.52. The van der Waals surface area contributed by atoms with E-state index in [2.05, 4.69) is 10.3 Å². The van der Waals surface area contributed by atoms with Gasteiger partial charge in [-0.3, -0.25) is 4.79 Å². The van der Waals surface area contributed by atoms with Gasteiger partial charge in [-0.15, -0.1) is 0 Å². The number of carbonyl (C=O) groups excluding carboxylic acids is 1. The highest BCUT2D eigenvalue weighted by Gasteiger charge is 2.31. The summed E-state index contributed by atoms with van der Waals surface area (Å²) in [5.41, 5.74) is 2.25. The zero-order valence-electron chi connectivity index (χ0n) is 16.9. The standard InChI is InChI=1S/C23H16ClF3N2O2S/c1-12-3-5-15(9-13(12)2)28-22-29-21(30)20(32-22)11-16-6-8-19(31-16)17-10-14(23(25,26)27)4-7-18(17)24/h3-11H,1-2H3,(H,28,29,30)/b20-11-. The van der Waals surface area contributed by atoms with Gasteiger partial charge in [-0.1, -0.05) is 17.7 Å². The van der Waals surface area contributed by atoms with Gasteiger partial charge in [-0.25, -0.2) is 4.99 Å². The van der Waals surface area contributed by atoms with Gasteiger partial charge in [0.1, 0.15) is 11.5 Å². The van der Waals surface area contributed by atoms with E-state index in [1.54, 1.807) is 6.07 Å². The highest BCUT2D eigenvalue weighted by atomic mass is 35.5. The molecule has 4 rings (SSSR count). The van der Waals surface area contributed by atoms with Crippen molar-refractivity contribution in [2.24, 2.45) is 4.99 Å². The lowest BCUT2D eigenvalue weighted by Crippen LogP contribution is -2.19. The first-order valence-corrected chi connectivity index (χ1v) is 10.6. The Kier molecular flexibility index (Phi) is 5.92. The molecule has 1 saturated heterocycles. The summed E-state index contributed by atoms with van der Waals surface area (Å²) in [4.78, 5) is 17.1. The van der Waals surface area contributed by atoms with E-state index in [1.807, 2.05) is 32.0 Å². The molecule has 0 bridgehead atoms. The van der Waals surface area contributed by atoms with Crippen LogP contribution in [0.2, 0.25) is 5.02 Å². The lowest BCUT2D eigenvalue weighted by Gasteiger charge is -2.09. The maximum atomic E-state index is 13.0. The van der Waals surface area contributed by atoms with E-state index in [0.717, 1.165) is 40.7 Å². The number of hydrogen-bond acceptors (Lipinski definition) is 4. The van der Waals surface area contributed by atoms with Crippen LogP contribution in [0, 0.1) is 13.8 Å². The first-order chi connectivity index (χ1) is 15.1. The molecule has 1 fully saturated rings. The largest absolute Gasteiger partial charge is 0.457 e. The molecular weight excluding hydrogens is 461 g/mol. The summed E-state index contributed by atoms with van der Waals surface area (Å²) in [5.74, 6) is 0.131. The molecule has 4 nitrogen and oxygen atoms in total. The molecule has 164 valence electrons. The summed E-state index contributed by atoms with van der Waals surface area (Å²) in [6, 6.07) is 11.8. The summed E-state index contributed by atoms with van der Waals surface area (Å²) in [6.07, 6.45) is -2.99. The molecule has 9 heteroatoms. The van der Waals surface area contributed by atoms with Crippen LogP contribution in [0.4, 0.5) is 18.9 Å². The first kappa shape index (κ1) is 22.2. The smallest absolute Gasteiger partial charge is 0.416 e. The molecule has 0 radical (unpaired) electrons. The van der Waals surface area contributed by atoms with Gasteiger partial charge in [0, 0.05) is 11.6 Å². The number of halogens is 4. The summed E-state index contributed by atoms with van der Waals surface area (Å²) >= 11 is 7.22. The molecule has 32 heavy (non-hydrogen) atoms. The Balaban J connectivity index is 1.58. The molecular formula is C23H16ClF3N2O2S. The Hall–Kier alpha value is -2.97. The monoisotopic (exact) mass is 476 g/mol. The summed E-state index contributed by atoms with van der Waals surface area (Å²) in [7, 11) is 0. The van der Waals surface area contributed by atoms with E-state index >= 15 is 0 Å². The lowest BCUT2D eigenvalue weighted by atomic mass is 10.1. The van der Waals surface area contributed by atoms with Gasteiger partial charge in [0.15, 0.2) is 5.17 Å². The predicted octanol–water partition coefficient (Wildman–Crippen LogP) is 7.13. The average Bonchev–Trinajstić information content (AvgIpc) is 3.31.